The maximum Gasteiger partial charge on any atom is 0.309 e. The Balaban J connectivity index is 1.53. The van der Waals surface area contributed by atoms with E-state index >= 15 is 0 Å². The van der Waals surface area contributed by atoms with Crippen LogP contribution in [0.5, 0.6) is 5.75 Å². The third-order valence-electron chi connectivity index (χ3n) is 6.61. The molecule has 0 spiro atoms. The van der Waals surface area contributed by atoms with Crippen molar-refractivity contribution in [1.29, 1.82) is 0 Å². The van der Waals surface area contributed by atoms with E-state index in [9.17, 15) is 13.2 Å². The number of esters is 1. The number of rotatable bonds is 9. The molecule has 1 fully saturated rings. The lowest BCUT2D eigenvalue weighted by Crippen LogP contribution is -2.48. The molecular weight excluding hydrogens is 510 g/mol. The van der Waals surface area contributed by atoms with Gasteiger partial charge < -0.3 is 9.47 Å². The lowest BCUT2D eigenvalue weighted by atomic mass is 9.96. The number of carbonyl (C=O) groups excluding carboxylic acids is 1. The second kappa shape index (κ2) is 12.1. The number of carbonyl (C=O) groups is 1. The van der Waals surface area contributed by atoms with E-state index in [0.29, 0.717) is 36.9 Å². The number of likely N-dealkylation sites (tertiary alicyclic amines) is 1. The molecule has 0 aliphatic carbocycles. The second-order valence-electron chi connectivity index (χ2n) is 9.32. The Labute approximate surface area is 224 Å². The van der Waals surface area contributed by atoms with Gasteiger partial charge in [-0.15, -0.1) is 0 Å². The molecule has 3 aromatic rings. The van der Waals surface area contributed by atoms with Crippen LogP contribution in [0.15, 0.2) is 77.7 Å². The molecular formula is C29H32ClNO5S. The van der Waals surface area contributed by atoms with Gasteiger partial charge in [-0.25, -0.2) is 8.42 Å². The zero-order valence-corrected chi connectivity index (χ0v) is 22.7. The minimum absolute atomic E-state index is 0.196. The molecule has 0 bridgehead atoms. The average molecular weight is 542 g/mol. The summed E-state index contributed by atoms with van der Waals surface area (Å²) < 4.78 is 38.7. The third-order valence-corrected chi connectivity index (χ3v) is 9.00. The number of aryl methyl sites for hydroxylation is 1. The lowest BCUT2D eigenvalue weighted by Gasteiger charge is -2.38. The van der Waals surface area contributed by atoms with Crippen LogP contribution in [-0.4, -0.2) is 37.8 Å². The Bertz CT molecular complexity index is 1290. The van der Waals surface area contributed by atoms with Crippen LogP contribution >= 0.6 is 11.6 Å². The fraction of sp³-hybridized carbons (Fsp3) is 0.345. The number of hydrogen-bond donors (Lipinski definition) is 0. The van der Waals surface area contributed by atoms with Crippen molar-refractivity contribution >= 4 is 27.4 Å². The van der Waals surface area contributed by atoms with Gasteiger partial charge in [0.1, 0.15) is 17.7 Å². The van der Waals surface area contributed by atoms with Gasteiger partial charge in [-0.2, -0.15) is 0 Å². The largest absolute Gasteiger partial charge is 0.489 e. The van der Waals surface area contributed by atoms with E-state index in [4.69, 9.17) is 21.1 Å². The van der Waals surface area contributed by atoms with Crippen LogP contribution in [0.1, 0.15) is 36.5 Å². The molecule has 2 atom stereocenters. The number of hydrogen-bond acceptors (Lipinski definition) is 6. The first-order chi connectivity index (χ1) is 17.8. The van der Waals surface area contributed by atoms with Crippen molar-refractivity contribution < 1.29 is 22.7 Å². The highest BCUT2D eigenvalue weighted by Crippen LogP contribution is 2.33. The minimum atomic E-state index is -3.76. The van der Waals surface area contributed by atoms with Gasteiger partial charge in [-0.1, -0.05) is 53.6 Å². The molecule has 0 aromatic heterocycles. The van der Waals surface area contributed by atoms with Gasteiger partial charge in [-0.05, 0) is 74.2 Å². The van der Waals surface area contributed by atoms with Crippen molar-refractivity contribution in [2.24, 2.45) is 5.92 Å². The molecule has 2 unspecified atom stereocenters. The van der Waals surface area contributed by atoms with Crippen LogP contribution in [0, 0.1) is 12.8 Å². The fourth-order valence-corrected chi connectivity index (χ4v) is 6.53. The summed E-state index contributed by atoms with van der Waals surface area (Å²) in [5, 5.41) is -0.180. The summed E-state index contributed by atoms with van der Waals surface area (Å²) in [6.07, 6.45) is 0.760. The fourth-order valence-electron chi connectivity index (χ4n) is 4.51. The molecule has 37 heavy (non-hydrogen) atoms. The predicted molar refractivity (Wildman–Crippen MR) is 144 cm³/mol. The summed E-state index contributed by atoms with van der Waals surface area (Å²) in [5.41, 5.74) is 3.14. The molecule has 3 aromatic carbocycles. The molecule has 8 heteroatoms. The van der Waals surface area contributed by atoms with Gasteiger partial charge in [0, 0.05) is 18.1 Å². The maximum absolute atomic E-state index is 13.8. The normalized spacial score (nSPS) is 18.4. The van der Waals surface area contributed by atoms with Gasteiger partial charge in [0.2, 0.25) is 0 Å². The van der Waals surface area contributed by atoms with Gasteiger partial charge in [-0.3, -0.25) is 9.69 Å². The first-order valence-corrected chi connectivity index (χ1v) is 14.4. The molecule has 196 valence electrons. The first-order valence-electron chi connectivity index (χ1n) is 12.4. The quantitative estimate of drug-likeness (QED) is 0.319. The van der Waals surface area contributed by atoms with Crippen molar-refractivity contribution in [3.63, 3.8) is 0 Å². The van der Waals surface area contributed by atoms with Gasteiger partial charge >= 0.3 is 5.97 Å². The van der Waals surface area contributed by atoms with Crippen LogP contribution in [-0.2, 0) is 32.5 Å². The minimum Gasteiger partial charge on any atom is -0.489 e. The first kappa shape index (κ1) is 27.2. The van der Waals surface area contributed by atoms with E-state index in [1.54, 1.807) is 43.3 Å². The lowest BCUT2D eigenvalue weighted by molar-refractivity contribution is -0.149. The number of benzene rings is 3. The van der Waals surface area contributed by atoms with E-state index in [1.165, 1.54) is 0 Å². The summed E-state index contributed by atoms with van der Waals surface area (Å²) in [4.78, 5) is 14.7. The molecule has 0 amide bonds. The highest BCUT2D eigenvalue weighted by molar-refractivity contribution is 7.92. The number of piperidine rings is 1. The van der Waals surface area contributed by atoms with Crippen LogP contribution in [0.2, 0.25) is 5.02 Å². The topological polar surface area (TPSA) is 72.9 Å². The van der Waals surface area contributed by atoms with Crippen LogP contribution in [0.25, 0.3) is 0 Å². The van der Waals surface area contributed by atoms with Crippen LogP contribution in [0.4, 0.5) is 0 Å². The van der Waals surface area contributed by atoms with E-state index in [0.717, 1.165) is 16.7 Å². The highest BCUT2D eigenvalue weighted by atomic mass is 35.5. The SMILES string of the molecule is CCOC(=O)C1CCN(Cc2ccc(C)cc2)C(S(=O)(=O)c2ccc(OCc3ccc(Cl)cc3)cc2)C1. The summed E-state index contributed by atoms with van der Waals surface area (Å²) in [6.45, 7) is 5.38. The molecule has 0 N–H and O–H groups in total. The van der Waals surface area contributed by atoms with Crippen molar-refractivity contribution in [3.05, 3.63) is 94.5 Å². The monoisotopic (exact) mass is 541 g/mol. The van der Waals surface area contributed by atoms with Crippen LogP contribution < -0.4 is 4.74 Å². The maximum atomic E-state index is 13.8. The zero-order valence-electron chi connectivity index (χ0n) is 21.1. The molecule has 0 saturated carbocycles. The van der Waals surface area contributed by atoms with Crippen molar-refractivity contribution in [3.8, 4) is 5.75 Å². The molecule has 0 radical (unpaired) electrons. The Kier molecular flexibility index (Phi) is 8.90. The Hall–Kier alpha value is -2.87. The number of halogens is 1. The summed E-state index contributed by atoms with van der Waals surface area (Å²) >= 11 is 5.93. The average Bonchev–Trinajstić information content (AvgIpc) is 2.90. The number of sulfone groups is 1. The Morgan fingerprint density at radius 3 is 2.27 bits per heavy atom. The van der Waals surface area contributed by atoms with Crippen LogP contribution in [0.3, 0.4) is 0 Å². The summed E-state index contributed by atoms with van der Waals surface area (Å²) in [5.74, 6) is -0.210. The Morgan fingerprint density at radius 2 is 1.62 bits per heavy atom. The van der Waals surface area contributed by atoms with E-state index < -0.39 is 21.1 Å². The molecule has 1 aliphatic heterocycles. The van der Waals surface area contributed by atoms with Crippen molar-refractivity contribution in [1.82, 2.24) is 4.90 Å². The summed E-state index contributed by atoms with van der Waals surface area (Å²) in [7, 11) is -3.76. The molecule has 1 heterocycles. The third kappa shape index (κ3) is 6.92. The molecule has 4 rings (SSSR count). The number of nitrogens with zero attached hydrogens (tertiary/aromatic N) is 1. The van der Waals surface area contributed by atoms with E-state index in [2.05, 4.69) is 0 Å². The number of ether oxygens (including phenoxy) is 2. The van der Waals surface area contributed by atoms with Crippen molar-refractivity contribution in [2.45, 2.75) is 50.1 Å². The molecule has 1 aliphatic rings. The van der Waals surface area contributed by atoms with Crippen molar-refractivity contribution in [2.75, 3.05) is 13.2 Å². The molecule has 1 saturated heterocycles. The summed E-state index contributed by atoms with van der Waals surface area (Å²) in [6, 6.07) is 21.9. The highest BCUT2D eigenvalue weighted by Gasteiger charge is 2.41. The van der Waals surface area contributed by atoms with E-state index in [1.807, 2.05) is 48.2 Å². The predicted octanol–water partition coefficient (Wildman–Crippen LogP) is 5.80. The van der Waals surface area contributed by atoms with Gasteiger partial charge in [0.15, 0.2) is 9.84 Å². The second-order valence-corrected chi connectivity index (χ2v) is 11.9. The van der Waals surface area contributed by atoms with E-state index in [-0.39, 0.29) is 23.9 Å². The molecule has 6 nitrogen and oxygen atoms in total. The van der Waals surface area contributed by atoms with Gasteiger partial charge in [0.05, 0.1) is 17.4 Å². The Morgan fingerprint density at radius 1 is 0.973 bits per heavy atom. The smallest absolute Gasteiger partial charge is 0.309 e. The standard InChI is InChI=1S/C29H32ClNO5S/c1-3-35-29(32)24-16-17-31(19-22-6-4-21(2)5-7-22)28(18-24)37(33,34)27-14-12-26(13-15-27)36-20-23-8-10-25(30)11-9-23/h4-15,24,28H,3,16-20H2,1-2H3. The zero-order chi connectivity index (χ0) is 26.4. The van der Waals surface area contributed by atoms with Gasteiger partial charge in [0.25, 0.3) is 0 Å².